The Morgan fingerprint density at radius 3 is 2.62 bits per heavy atom. The molecule has 0 bridgehead atoms. The minimum absolute atomic E-state index is 0.300. The summed E-state index contributed by atoms with van der Waals surface area (Å²) in [5, 5.41) is 0. The van der Waals surface area contributed by atoms with Gasteiger partial charge < -0.3 is 15.2 Å². The van der Waals surface area contributed by atoms with Crippen LogP contribution in [0.25, 0.3) is 0 Å². The second-order valence-corrected chi connectivity index (χ2v) is 5.29. The molecule has 0 fully saturated rings. The van der Waals surface area contributed by atoms with Crippen LogP contribution in [0.3, 0.4) is 0 Å². The molecule has 0 aliphatic carbocycles. The van der Waals surface area contributed by atoms with E-state index in [1.807, 2.05) is 32.0 Å². The van der Waals surface area contributed by atoms with Gasteiger partial charge in [0, 0.05) is 10.0 Å². The Labute approximate surface area is 105 Å². The number of methoxy groups -OCH3 is 1. The van der Waals surface area contributed by atoms with Gasteiger partial charge in [0.15, 0.2) is 0 Å². The van der Waals surface area contributed by atoms with Crippen LogP contribution >= 0.6 is 15.9 Å². The van der Waals surface area contributed by atoms with Crippen LogP contribution in [0.1, 0.15) is 19.4 Å². The molecule has 1 rings (SSSR count). The SMILES string of the molecule is COc1ccc(Br)c(COCC(C)(C)N)c1. The molecule has 2 N–H and O–H groups in total. The second-order valence-electron chi connectivity index (χ2n) is 4.44. The fourth-order valence-corrected chi connectivity index (χ4v) is 1.57. The lowest BCUT2D eigenvalue weighted by atomic mass is 10.1. The van der Waals surface area contributed by atoms with E-state index in [2.05, 4.69) is 15.9 Å². The summed E-state index contributed by atoms with van der Waals surface area (Å²) in [6.07, 6.45) is 0. The second kappa shape index (κ2) is 5.66. The Hall–Kier alpha value is -0.580. The molecule has 0 aliphatic heterocycles. The number of hydrogen-bond acceptors (Lipinski definition) is 3. The normalized spacial score (nSPS) is 11.6. The van der Waals surface area contributed by atoms with Crippen molar-refractivity contribution in [3.05, 3.63) is 28.2 Å². The van der Waals surface area contributed by atoms with Crippen LogP contribution in [-0.2, 0) is 11.3 Å². The van der Waals surface area contributed by atoms with Crippen molar-refractivity contribution >= 4 is 15.9 Å². The van der Waals surface area contributed by atoms with Crippen LogP contribution in [0.15, 0.2) is 22.7 Å². The molecule has 0 atom stereocenters. The van der Waals surface area contributed by atoms with Gasteiger partial charge in [-0.15, -0.1) is 0 Å². The summed E-state index contributed by atoms with van der Waals surface area (Å²) in [7, 11) is 1.65. The average molecular weight is 288 g/mol. The number of benzene rings is 1. The molecule has 0 amide bonds. The van der Waals surface area contributed by atoms with E-state index in [1.165, 1.54) is 0 Å². The molecule has 1 aromatic carbocycles. The van der Waals surface area contributed by atoms with Gasteiger partial charge in [-0.1, -0.05) is 15.9 Å². The maximum absolute atomic E-state index is 5.83. The Morgan fingerprint density at radius 1 is 1.38 bits per heavy atom. The van der Waals surface area contributed by atoms with E-state index >= 15 is 0 Å². The van der Waals surface area contributed by atoms with E-state index in [9.17, 15) is 0 Å². The highest BCUT2D eigenvalue weighted by molar-refractivity contribution is 9.10. The number of rotatable bonds is 5. The highest BCUT2D eigenvalue weighted by Crippen LogP contribution is 2.23. The van der Waals surface area contributed by atoms with Crippen molar-refractivity contribution in [3.63, 3.8) is 0 Å². The van der Waals surface area contributed by atoms with Crippen molar-refractivity contribution in [1.29, 1.82) is 0 Å². The topological polar surface area (TPSA) is 44.5 Å². The first kappa shape index (κ1) is 13.5. The van der Waals surface area contributed by atoms with Gasteiger partial charge in [0.25, 0.3) is 0 Å². The Morgan fingerprint density at radius 2 is 2.06 bits per heavy atom. The third-order valence-corrected chi connectivity index (χ3v) is 2.76. The van der Waals surface area contributed by atoms with Crippen LogP contribution in [-0.4, -0.2) is 19.3 Å². The summed E-state index contributed by atoms with van der Waals surface area (Å²) in [5.41, 5.74) is 6.59. The zero-order valence-electron chi connectivity index (χ0n) is 9.92. The van der Waals surface area contributed by atoms with Crippen molar-refractivity contribution in [2.24, 2.45) is 5.73 Å². The predicted octanol–water partition coefficient (Wildman–Crippen LogP) is 2.71. The molecular weight excluding hydrogens is 270 g/mol. The average Bonchev–Trinajstić information content (AvgIpc) is 2.19. The molecule has 0 heterocycles. The zero-order valence-corrected chi connectivity index (χ0v) is 11.5. The molecule has 0 spiro atoms. The first-order chi connectivity index (χ1) is 7.42. The van der Waals surface area contributed by atoms with Crippen molar-refractivity contribution < 1.29 is 9.47 Å². The van der Waals surface area contributed by atoms with Gasteiger partial charge in [-0.2, -0.15) is 0 Å². The van der Waals surface area contributed by atoms with Gasteiger partial charge in [0.1, 0.15) is 5.75 Å². The monoisotopic (exact) mass is 287 g/mol. The number of hydrogen-bond donors (Lipinski definition) is 1. The Balaban J connectivity index is 2.59. The standard InChI is InChI=1S/C12H18BrNO2/c1-12(2,14)8-16-7-9-6-10(15-3)4-5-11(9)13/h4-6H,7-8,14H2,1-3H3. The van der Waals surface area contributed by atoms with Crippen molar-refractivity contribution in [2.75, 3.05) is 13.7 Å². The van der Waals surface area contributed by atoms with Gasteiger partial charge in [-0.05, 0) is 37.6 Å². The molecule has 0 saturated carbocycles. The third kappa shape index (κ3) is 4.51. The molecular formula is C12H18BrNO2. The van der Waals surface area contributed by atoms with Crippen molar-refractivity contribution in [3.8, 4) is 5.75 Å². The van der Waals surface area contributed by atoms with Crippen LogP contribution in [0.5, 0.6) is 5.75 Å². The number of halogens is 1. The van der Waals surface area contributed by atoms with Gasteiger partial charge in [-0.3, -0.25) is 0 Å². The van der Waals surface area contributed by atoms with E-state index in [0.717, 1.165) is 15.8 Å². The van der Waals surface area contributed by atoms with E-state index < -0.39 is 0 Å². The molecule has 90 valence electrons. The lowest BCUT2D eigenvalue weighted by Gasteiger charge is -2.18. The zero-order chi connectivity index (χ0) is 12.2. The van der Waals surface area contributed by atoms with Crippen LogP contribution in [0.4, 0.5) is 0 Å². The first-order valence-corrected chi connectivity index (χ1v) is 5.91. The van der Waals surface area contributed by atoms with Crippen LogP contribution < -0.4 is 10.5 Å². The fraction of sp³-hybridized carbons (Fsp3) is 0.500. The number of nitrogens with two attached hydrogens (primary N) is 1. The van der Waals surface area contributed by atoms with E-state index in [-0.39, 0.29) is 5.54 Å². The maximum atomic E-state index is 5.83. The highest BCUT2D eigenvalue weighted by atomic mass is 79.9. The van der Waals surface area contributed by atoms with Gasteiger partial charge >= 0.3 is 0 Å². The molecule has 4 heteroatoms. The molecule has 0 aromatic heterocycles. The van der Waals surface area contributed by atoms with Crippen LogP contribution in [0, 0.1) is 0 Å². The quantitative estimate of drug-likeness (QED) is 0.906. The minimum atomic E-state index is -0.300. The summed E-state index contributed by atoms with van der Waals surface area (Å²) in [6, 6.07) is 5.80. The van der Waals surface area contributed by atoms with E-state index in [1.54, 1.807) is 7.11 Å². The number of ether oxygens (including phenoxy) is 2. The van der Waals surface area contributed by atoms with Gasteiger partial charge in [0.2, 0.25) is 0 Å². The largest absolute Gasteiger partial charge is 0.497 e. The molecule has 0 radical (unpaired) electrons. The summed E-state index contributed by atoms with van der Waals surface area (Å²) in [4.78, 5) is 0. The molecule has 16 heavy (non-hydrogen) atoms. The molecule has 0 saturated heterocycles. The fourth-order valence-electron chi connectivity index (χ4n) is 1.21. The van der Waals surface area contributed by atoms with Gasteiger partial charge in [0.05, 0.1) is 20.3 Å². The molecule has 0 aliphatic rings. The Kier molecular flexibility index (Phi) is 4.77. The maximum Gasteiger partial charge on any atom is 0.119 e. The lowest BCUT2D eigenvalue weighted by molar-refractivity contribution is 0.0846. The molecule has 3 nitrogen and oxygen atoms in total. The summed E-state index contributed by atoms with van der Waals surface area (Å²) in [6.45, 7) is 4.93. The predicted molar refractivity (Wildman–Crippen MR) is 68.6 cm³/mol. The van der Waals surface area contributed by atoms with E-state index in [4.69, 9.17) is 15.2 Å². The van der Waals surface area contributed by atoms with Gasteiger partial charge in [-0.25, -0.2) is 0 Å². The Bertz CT molecular complexity index is 347. The smallest absolute Gasteiger partial charge is 0.119 e. The molecule has 0 unspecified atom stereocenters. The summed E-state index contributed by atoms with van der Waals surface area (Å²) < 4.78 is 11.7. The lowest BCUT2D eigenvalue weighted by Crippen LogP contribution is -2.37. The third-order valence-electron chi connectivity index (χ3n) is 1.98. The summed E-state index contributed by atoms with van der Waals surface area (Å²) in [5.74, 6) is 0.828. The van der Waals surface area contributed by atoms with Crippen molar-refractivity contribution in [1.82, 2.24) is 0 Å². The molecule has 1 aromatic rings. The summed E-state index contributed by atoms with van der Waals surface area (Å²) >= 11 is 3.47. The minimum Gasteiger partial charge on any atom is -0.497 e. The van der Waals surface area contributed by atoms with Crippen LogP contribution in [0.2, 0.25) is 0 Å². The first-order valence-electron chi connectivity index (χ1n) is 5.11. The van der Waals surface area contributed by atoms with Crippen molar-refractivity contribution in [2.45, 2.75) is 26.0 Å². The van der Waals surface area contributed by atoms with E-state index in [0.29, 0.717) is 13.2 Å². The highest BCUT2D eigenvalue weighted by Gasteiger charge is 2.11.